The topological polar surface area (TPSA) is 89.5 Å². The summed E-state index contributed by atoms with van der Waals surface area (Å²) >= 11 is 0. The summed E-state index contributed by atoms with van der Waals surface area (Å²) in [4.78, 5) is 23.4. The van der Waals surface area contributed by atoms with Crippen LogP contribution in [0.3, 0.4) is 0 Å². The zero-order chi connectivity index (χ0) is 19.6. The predicted molar refractivity (Wildman–Crippen MR) is 95.0 cm³/mol. The van der Waals surface area contributed by atoms with E-state index in [0.717, 1.165) is 0 Å². The van der Waals surface area contributed by atoms with E-state index >= 15 is 0 Å². The molecule has 0 aromatic heterocycles. The summed E-state index contributed by atoms with van der Waals surface area (Å²) in [6.45, 7) is 11.4. The van der Waals surface area contributed by atoms with Gasteiger partial charge in [0.1, 0.15) is 12.2 Å². The second-order valence-electron chi connectivity index (χ2n) is 5.63. The van der Waals surface area contributed by atoms with Crippen LogP contribution in [-0.2, 0) is 38.0 Å². The third-order valence-electron chi connectivity index (χ3n) is 3.27. The van der Waals surface area contributed by atoms with Gasteiger partial charge in [0.2, 0.25) is 0 Å². The molecule has 0 bridgehead atoms. The summed E-state index contributed by atoms with van der Waals surface area (Å²) in [5, 5.41) is 0. The highest BCUT2D eigenvalue weighted by atomic mass is 16.6. The van der Waals surface area contributed by atoms with Gasteiger partial charge in [0.05, 0.1) is 39.6 Å². The quantitative estimate of drug-likeness (QED) is 0.228. The van der Waals surface area contributed by atoms with Gasteiger partial charge >= 0.3 is 11.9 Å². The van der Waals surface area contributed by atoms with Crippen LogP contribution in [0, 0.1) is 0 Å². The monoisotopic (exact) mass is 378 g/mol. The van der Waals surface area contributed by atoms with E-state index in [1.807, 2.05) is 13.8 Å². The van der Waals surface area contributed by atoms with Crippen molar-refractivity contribution in [3.63, 3.8) is 0 Å². The van der Waals surface area contributed by atoms with Crippen molar-refractivity contribution in [2.45, 2.75) is 52.7 Å². The highest BCUT2D eigenvalue weighted by Gasteiger charge is 2.22. The summed E-state index contributed by atoms with van der Waals surface area (Å²) in [6, 6.07) is 0. The molecule has 0 aromatic rings. The van der Waals surface area contributed by atoms with E-state index < -0.39 is 24.1 Å². The highest BCUT2D eigenvalue weighted by molar-refractivity contribution is 6.29. The molecular formula is C18H34O8. The summed E-state index contributed by atoms with van der Waals surface area (Å²) in [7, 11) is 0. The molecule has 0 saturated heterocycles. The number of carbonyl (C=O) groups excluding carboxylic acids is 2. The van der Waals surface area contributed by atoms with Gasteiger partial charge in [-0.2, -0.15) is 0 Å². The Morgan fingerprint density at radius 1 is 0.615 bits per heavy atom. The number of ether oxygens (including phenoxy) is 6. The number of hydrogen-bond donors (Lipinski definition) is 0. The molecule has 26 heavy (non-hydrogen) atoms. The van der Waals surface area contributed by atoms with Gasteiger partial charge in [-0.25, -0.2) is 9.59 Å². The minimum absolute atomic E-state index is 0.423. The zero-order valence-corrected chi connectivity index (χ0v) is 16.5. The van der Waals surface area contributed by atoms with Crippen molar-refractivity contribution in [2.24, 2.45) is 0 Å². The van der Waals surface area contributed by atoms with Crippen molar-refractivity contribution >= 4 is 11.9 Å². The normalized spacial score (nSPS) is 13.2. The van der Waals surface area contributed by atoms with Gasteiger partial charge in [-0.3, -0.25) is 0 Å². The summed E-state index contributed by atoms with van der Waals surface area (Å²) in [6.07, 6.45) is 0.127. The molecule has 0 rings (SSSR count). The minimum atomic E-state index is -0.990. The van der Waals surface area contributed by atoms with E-state index in [9.17, 15) is 9.59 Å². The highest BCUT2D eigenvalue weighted by Crippen LogP contribution is 2.03. The van der Waals surface area contributed by atoms with Crippen LogP contribution in [0.15, 0.2) is 0 Å². The number of esters is 2. The molecule has 0 aromatic carbocycles. The molecule has 154 valence electrons. The van der Waals surface area contributed by atoms with Gasteiger partial charge in [-0.1, -0.05) is 0 Å². The van der Waals surface area contributed by atoms with Crippen LogP contribution in [0.4, 0.5) is 0 Å². The maximum atomic E-state index is 11.7. The van der Waals surface area contributed by atoms with E-state index in [1.54, 1.807) is 13.8 Å². The Hall–Kier alpha value is -1.22. The molecule has 8 nitrogen and oxygen atoms in total. The van der Waals surface area contributed by atoms with Crippen LogP contribution < -0.4 is 0 Å². The summed E-state index contributed by atoms with van der Waals surface area (Å²) in [5.41, 5.74) is 0. The van der Waals surface area contributed by atoms with E-state index in [-0.39, 0.29) is 0 Å². The van der Waals surface area contributed by atoms with Crippen molar-refractivity contribution < 1.29 is 38.0 Å². The first-order valence-corrected chi connectivity index (χ1v) is 9.23. The summed E-state index contributed by atoms with van der Waals surface area (Å²) in [5.74, 6) is -1.98. The smallest absolute Gasteiger partial charge is 0.417 e. The van der Waals surface area contributed by atoms with Gasteiger partial charge in [-0.15, -0.1) is 0 Å². The second kappa shape index (κ2) is 17.2. The Morgan fingerprint density at radius 2 is 0.962 bits per heavy atom. The fourth-order valence-electron chi connectivity index (χ4n) is 1.81. The molecule has 0 aliphatic carbocycles. The molecular weight excluding hydrogens is 344 g/mol. The molecule has 0 heterocycles. The third-order valence-corrected chi connectivity index (χ3v) is 3.27. The van der Waals surface area contributed by atoms with E-state index in [0.29, 0.717) is 65.7 Å². The Labute approximate surface area is 156 Å². The van der Waals surface area contributed by atoms with Crippen molar-refractivity contribution in [2.75, 3.05) is 52.9 Å². The lowest BCUT2D eigenvalue weighted by Crippen LogP contribution is -2.28. The van der Waals surface area contributed by atoms with Crippen LogP contribution in [0.5, 0.6) is 0 Å². The van der Waals surface area contributed by atoms with Gasteiger partial charge in [-0.05, 0) is 27.7 Å². The lowest BCUT2D eigenvalue weighted by molar-refractivity contribution is -0.174. The molecule has 0 radical (unpaired) electrons. The second-order valence-corrected chi connectivity index (χ2v) is 5.63. The van der Waals surface area contributed by atoms with Crippen molar-refractivity contribution in [3.8, 4) is 0 Å². The van der Waals surface area contributed by atoms with Crippen LogP contribution in [0.1, 0.15) is 40.5 Å². The third kappa shape index (κ3) is 15.1. The SMILES string of the molecule is CCOCCOCCC(C)OC(=O)C(=O)OC(C)CCOCCOCC. The average molecular weight is 378 g/mol. The predicted octanol–water partition coefficient (Wildman–Crippen LogP) is 1.74. The maximum absolute atomic E-state index is 11.7. The lowest BCUT2D eigenvalue weighted by atomic mass is 10.3. The van der Waals surface area contributed by atoms with Crippen LogP contribution >= 0.6 is 0 Å². The number of rotatable bonds is 16. The molecule has 2 unspecified atom stereocenters. The van der Waals surface area contributed by atoms with Crippen LogP contribution in [0.25, 0.3) is 0 Å². The van der Waals surface area contributed by atoms with Crippen molar-refractivity contribution in [1.82, 2.24) is 0 Å². The Bertz CT molecular complexity index is 327. The van der Waals surface area contributed by atoms with Gasteiger partial charge in [0, 0.05) is 26.1 Å². The van der Waals surface area contributed by atoms with Crippen molar-refractivity contribution in [1.29, 1.82) is 0 Å². The van der Waals surface area contributed by atoms with Gasteiger partial charge in [0.25, 0.3) is 0 Å². The van der Waals surface area contributed by atoms with E-state index in [1.165, 1.54) is 0 Å². The first-order valence-electron chi connectivity index (χ1n) is 9.23. The van der Waals surface area contributed by atoms with Crippen LogP contribution in [-0.4, -0.2) is 77.0 Å². The average Bonchev–Trinajstić information content (AvgIpc) is 2.60. The number of carbonyl (C=O) groups is 2. The van der Waals surface area contributed by atoms with Crippen LogP contribution in [0.2, 0.25) is 0 Å². The van der Waals surface area contributed by atoms with E-state index in [2.05, 4.69) is 0 Å². The molecule has 0 fully saturated rings. The van der Waals surface area contributed by atoms with Crippen molar-refractivity contribution in [3.05, 3.63) is 0 Å². The Balaban J connectivity index is 3.74. The molecule has 8 heteroatoms. The summed E-state index contributed by atoms with van der Waals surface area (Å²) < 4.78 is 31.0. The molecule has 0 amide bonds. The Morgan fingerprint density at radius 3 is 1.31 bits per heavy atom. The maximum Gasteiger partial charge on any atom is 0.417 e. The molecule has 0 saturated carbocycles. The molecule has 2 atom stereocenters. The zero-order valence-electron chi connectivity index (χ0n) is 16.5. The van der Waals surface area contributed by atoms with E-state index in [4.69, 9.17) is 28.4 Å². The molecule has 0 spiro atoms. The number of hydrogen-bond acceptors (Lipinski definition) is 8. The molecule has 0 aliphatic rings. The minimum Gasteiger partial charge on any atom is -0.454 e. The van der Waals surface area contributed by atoms with Gasteiger partial charge in [0.15, 0.2) is 0 Å². The largest absolute Gasteiger partial charge is 0.454 e. The molecule has 0 aliphatic heterocycles. The fourth-order valence-corrected chi connectivity index (χ4v) is 1.81. The standard InChI is InChI=1S/C18H34O8/c1-5-21-11-13-23-9-7-15(3)25-17(19)18(20)26-16(4)8-10-24-14-12-22-6-2/h15-16H,5-14H2,1-4H3. The Kier molecular flexibility index (Phi) is 16.4. The first kappa shape index (κ1) is 24.8. The molecule has 0 N–H and O–H groups in total. The first-order chi connectivity index (χ1) is 12.5. The van der Waals surface area contributed by atoms with Gasteiger partial charge < -0.3 is 28.4 Å². The fraction of sp³-hybridized carbons (Fsp3) is 0.889. The lowest BCUT2D eigenvalue weighted by Gasteiger charge is -2.15.